The van der Waals surface area contributed by atoms with E-state index in [9.17, 15) is 4.79 Å². The molecule has 1 heterocycles. The second kappa shape index (κ2) is 5.25. The second-order valence-corrected chi connectivity index (χ2v) is 5.07. The third kappa shape index (κ3) is 3.36. The molecule has 0 aromatic carbocycles. The molecule has 18 heavy (non-hydrogen) atoms. The van der Waals surface area contributed by atoms with Crippen LogP contribution < -0.4 is 5.32 Å². The Morgan fingerprint density at radius 3 is 2.94 bits per heavy atom. The summed E-state index contributed by atoms with van der Waals surface area (Å²) < 4.78 is 5.67. The molecule has 1 amide bonds. The number of hydrogen-bond donors (Lipinski definition) is 1. The van der Waals surface area contributed by atoms with E-state index < -0.39 is 0 Å². The Morgan fingerprint density at radius 1 is 1.61 bits per heavy atom. The van der Waals surface area contributed by atoms with Crippen LogP contribution in [0.15, 0.2) is 34.8 Å². The van der Waals surface area contributed by atoms with Crippen LogP contribution in [0, 0.1) is 5.92 Å². The molecule has 1 aromatic heterocycles. The van der Waals surface area contributed by atoms with Gasteiger partial charge in [-0.25, -0.2) is 0 Å². The zero-order chi connectivity index (χ0) is 13.1. The van der Waals surface area contributed by atoms with Crippen molar-refractivity contribution in [2.45, 2.75) is 26.2 Å². The van der Waals surface area contributed by atoms with E-state index in [0.717, 1.165) is 23.0 Å². The molecule has 2 atom stereocenters. The normalized spacial score (nSPS) is 22.1. The summed E-state index contributed by atoms with van der Waals surface area (Å²) in [5, 5.41) is 2.73. The summed E-state index contributed by atoms with van der Waals surface area (Å²) in [6.07, 6.45) is 4.39. The first kappa shape index (κ1) is 12.7. The Morgan fingerprint density at radius 2 is 2.33 bits per heavy atom. The summed E-state index contributed by atoms with van der Waals surface area (Å²) in [7, 11) is 0. The zero-order valence-corrected chi connectivity index (χ0v) is 10.9. The van der Waals surface area contributed by atoms with Crippen LogP contribution in [0.1, 0.15) is 37.7 Å². The van der Waals surface area contributed by atoms with Crippen LogP contribution in [0.5, 0.6) is 0 Å². The molecular weight excluding hydrogens is 226 g/mol. The fraction of sp³-hybridized carbons (Fsp3) is 0.400. The van der Waals surface area contributed by atoms with Gasteiger partial charge in [0.25, 0.3) is 0 Å². The molecule has 0 saturated heterocycles. The van der Waals surface area contributed by atoms with Crippen molar-refractivity contribution in [1.29, 1.82) is 0 Å². The lowest BCUT2D eigenvalue weighted by atomic mass is 10.3. The van der Waals surface area contributed by atoms with E-state index in [0.29, 0.717) is 12.5 Å². The Bertz CT molecular complexity index is 484. The number of carbonyl (C=O) groups excluding carboxylic acids is 1. The quantitative estimate of drug-likeness (QED) is 0.639. The van der Waals surface area contributed by atoms with Crippen LogP contribution in [0.2, 0.25) is 0 Å². The third-order valence-corrected chi connectivity index (χ3v) is 3.09. The van der Waals surface area contributed by atoms with Gasteiger partial charge in [-0.2, -0.15) is 0 Å². The van der Waals surface area contributed by atoms with Crippen LogP contribution >= 0.6 is 0 Å². The molecule has 0 bridgehead atoms. The van der Waals surface area contributed by atoms with Crippen molar-refractivity contribution in [3.63, 3.8) is 0 Å². The first-order valence-corrected chi connectivity index (χ1v) is 6.26. The lowest BCUT2D eigenvalue weighted by Crippen LogP contribution is -2.22. The predicted molar refractivity (Wildman–Crippen MR) is 72.1 cm³/mol. The molecule has 0 aliphatic heterocycles. The monoisotopic (exact) mass is 245 g/mol. The van der Waals surface area contributed by atoms with E-state index in [1.54, 1.807) is 6.08 Å². The van der Waals surface area contributed by atoms with Gasteiger partial charge in [0.2, 0.25) is 5.91 Å². The maximum Gasteiger partial charge on any atom is 0.244 e. The van der Waals surface area contributed by atoms with Crippen LogP contribution in [-0.4, -0.2) is 12.5 Å². The maximum atomic E-state index is 11.4. The Hall–Kier alpha value is -1.77. The van der Waals surface area contributed by atoms with Gasteiger partial charge < -0.3 is 9.73 Å². The van der Waals surface area contributed by atoms with E-state index >= 15 is 0 Å². The van der Waals surface area contributed by atoms with Crippen molar-refractivity contribution in [2.24, 2.45) is 5.92 Å². The summed E-state index contributed by atoms with van der Waals surface area (Å²) in [6, 6.07) is 3.91. The summed E-state index contributed by atoms with van der Waals surface area (Å²) >= 11 is 0. The van der Waals surface area contributed by atoms with E-state index in [-0.39, 0.29) is 5.91 Å². The highest BCUT2D eigenvalue weighted by Crippen LogP contribution is 2.47. The number of hydrogen-bond acceptors (Lipinski definition) is 2. The highest BCUT2D eigenvalue weighted by Gasteiger charge is 2.36. The highest BCUT2D eigenvalue weighted by molar-refractivity contribution is 5.91. The molecule has 1 N–H and O–H groups in total. The van der Waals surface area contributed by atoms with Gasteiger partial charge in [0.15, 0.2) is 0 Å². The van der Waals surface area contributed by atoms with Gasteiger partial charge in [0.05, 0.1) is 0 Å². The molecule has 0 radical (unpaired) electrons. The van der Waals surface area contributed by atoms with Crippen molar-refractivity contribution < 1.29 is 9.21 Å². The molecule has 1 aliphatic carbocycles. The van der Waals surface area contributed by atoms with Gasteiger partial charge >= 0.3 is 0 Å². The summed E-state index contributed by atoms with van der Waals surface area (Å²) in [4.78, 5) is 11.4. The smallest absolute Gasteiger partial charge is 0.244 e. The lowest BCUT2D eigenvalue weighted by Gasteiger charge is -1.99. The van der Waals surface area contributed by atoms with Crippen molar-refractivity contribution in [3.8, 4) is 0 Å². The van der Waals surface area contributed by atoms with Crippen LogP contribution in [0.3, 0.4) is 0 Å². The molecule has 1 aromatic rings. The van der Waals surface area contributed by atoms with Crippen LogP contribution in [-0.2, 0) is 4.79 Å². The van der Waals surface area contributed by atoms with Crippen LogP contribution in [0.25, 0.3) is 6.08 Å². The van der Waals surface area contributed by atoms with Crippen LogP contribution in [0.4, 0.5) is 0 Å². The van der Waals surface area contributed by atoms with Crippen molar-refractivity contribution in [2.75, 3.05) is 6.54 Å². The average Bonchev–Trinajstić information content (AvgIpc) is 2.88. The minimum Gasteiger partial charge on any atom is -0.461 e. The molecular formula is C15H19NO2. The molecule has 1 fully saturated rings. The Kier molecular flexibility index (Phi) is 3.70. The van der Waals surface area contributed by atoms with Crippen molar-refractivity contribution in [1.82, 2.24) is 5.32 Å². The lowest BCUT2D eigenvalue weighted by molar-refractivity contribution is -0.116. The zero-order valence-electron chi connectivity index (χ0n) is 10.9. The molecule has 2 rings (SSSR count). The standard InChI is InChI=1S/C15H19NO2/c1-10(2)9-16-15(17)7-5-12-4-6-14(18-12)13-8-11(13)3/h4-7,11,13H,1,8-9H2,2-3H3,(H,16,17)/b7-5+. The fourth-order valence-corrected chi connectivity index (χ4v) is 1.83. The van der Waals surface area contributed by atoms with E-state index in [2.05, 4.69) is 18.8 Å². The molecule has 3 nitrogen and oxygen atoms in total. The number of nitrogens with one attached hydrogen (secondary N) is 1. The largest absolute Gasteiger partial charge is 0.461 e. The first-order valence-electron chi connectivity index (χ1n) is 6.26. The topological polar surface area (TPSA) is 42.2 Å². The molecule has 1 saturated carbocycles. The Balaban J connectivity index is 1.86. The van der Waals surface area contributed by atoms with Crippen molar-refractivity contribution in [3.05, 3.63) is 41.9 Å². The van der Waals surface area contributed by atoms with E-state index in [1.807, 2.05) is 19.1 Å². The van der Waals surface area contributed by atoms with Gasteiger partial charge in [0.1, 0.15) is 11.5 Å². The minimum atomic E-state index is -0.129. The average molecular weight is 245 g/mol. The highest BCUT2D eigenvalue weighted by atomic mass is 16.3. The molecule has 96 valence electrons. The SMILES string of the molecule is C=C(C)CNC(=O)/C=C/c1ccc(C2CC2C)o1. The Labute approximate surface area is 108 Å². The van der Waals surface area contributed by atoms with Gasteiger partial charge in [-0.15, -0.1) is 0 Å². The van der Waals surface area contributed by atoms with E-state index in [4.69, 9.17) is 4.42 Å². The van der Waals surface area contributed by atoms with Gasteiger partial charge in [-0.05, 0) is 37.5 Å². The molecule has 3 heteroatoms. The predicted octanol–water partition coefficient (Wildman–Crippen LogP) is 3.11. The van der Waals surface area contributed by atoms with Gasteiger partial charge in [-0.1, -0.05) is 19.1 Å². The molecule has 2 unspecified atom stereocenters. The summed E-state index contributed by atoms with van der Waals surface area (Å²) in [6.45, 7) is 8.32. The maximum absolute atomic E-state index is 11.4. The van der Waals surface area contributed by atoms with E-state index in [1.165, 1.54) is 12.5 Å². The second-order valence-electron chi connectivity index (χ2n) is 5.07. The van der Waals surface area contributed by atoms with Gasteiger partial charge in [0, 0.05) is 18.5 Å². The minimum absolute atomic E-state index is 0.129. The molecule has 0 spiro atoms. The first-order chi connectivity index (χ1) is 8.56. The summed E-state index contributed by atoms with van der Waals surface area (Å²) in [5.74, 6) is 2.94. The number of rotatable bonds is 5. The number of amides is 1. The third-order valence-electron chi connectivity index (χ3n) is 3.09. The summed E-state index contributed by atoms with van der Waals surface area (Å²) in [5.41, 5.74) is 0.930. The molecule has 1 aliphatic rings. The fourth-order valence-electron chi connectivity index (χ4n) is 1.83. The number of furan rings is 1. The van der Waals surface area contributed by atoms with Crippen molar-refractivity contribution >= 4 is 12.0 Å². The van der Waals surface area contributed by atoms with Gasteiger partial charge in [-0.3, -0.25) is 4.79 Å². The number of carbonyl (C=O) groups is 1.